The van der Waals surface area contributed by atoms with E-state index >= 15 is 4.48 Å². The van der Waals surface area contributed by atoms with Gasteiger partial charge in [0.05, 0.1) is 5.54 Å². The normalized spacial score (nSPS) is 71.0. The fraction of sp³-hybridized carbons (Fsp3) is 0.935. The van der Waals surface area contributed by atoms with Crippen LogP contribution < -0.4 is 5.54 Å². The summed E-state index contributed by atoms with van der Waals surface area (Å²) in [7, 11) is 0. The van der Waals surface area contributed by atoms with Gasteiger partial charge in [-0.1, -0.05) is 94.2 Å². The van der Waals surface area contributed by atoms with Crippen LogP contribution in [0.4, 0.5) is 4.48 Å². The molecule has 0 aliphatic heterocycles. The molecule has 8 rings (SSSR count). The number of nitrogens with one attached hydrogen (secondary N) is 1. The second-order valence-electron chi connectivity index (χ2n) is 16.8. The van der Waals surface area contributed by atoms with Gasteiger partial charge in [0.15, 0.2) is 0 Å². The van der Waals surface area contributed by atoms with Crippen LogP contribution in [0.15, 0.2) is 11.1 Å². The van der Waals surface area contributed by atoms with Crippen LogP contribution in [0, 0.1) is 84.7 Å². The fourth-order valence-corrected chi connectivity index (χ4v) is 16.5. The predicted octanol–water partition coefficient (Wildman–Crippen LogP) is 7.44. The molecule has 0 radical (unpaired) electrons. The van der Waals surface area contributed by atoms with E-state index < -0.39 is 5.54 Å². The van der Waals surface area contributed by atoms with Crippen molar-refractivity contribution in [3.05, 3.63) is 11.1 Å². The molecule has 7 saturated carbocycles. The summed E-state index contributed by atoms with van der Waals surface area (Å²) in [4.78, 5) is 0. The molecule has 8 aliphatic carbocycles. The third-order valence-corrected chi connectivity index (χ3v) is 17.9. The van der Waals surface area contributed by atoms with Crippen LogP contribution in [0.5, 0.6) is 0 Å². The fourth-order valence-electron chi connectivity index (χ4n) is 16.5. The average molecular weight is 452 g/mol. The molecule has 0 saturated heterocycles. The molecule has 1 N–H and O–H groups in total. The Kier molecular flexibility index (Phi) is 2.74. The smallest absolute Gasteiger partial charge is 0.0670 e. The second-order valence-corrected chi connectivity index (χ2v) is 16.8. The third-order valence-electron chi connectivity index (χ3n) is 17.9. The van der Waals surface area contributed by atoms with Gasteiger partial charge in [-0.2, -0.15) is 5.54 Å². The van der Waals surface area contributed by atoms with Crippen LogP contribution in [0.25, 0.3) is 0 Å². The highest BCUT2D eigenvalue weighted by molar-refractivity contribution is 5.67. The molecule has 0 aromatic carbocycles. The van der Waals surface area contributed by atoms with Crippen LogP contribution >= 0.6 is 0 Å². The minimum atomic E-state index is -0.402. The number of allylic oxidation sites excluding steroid dienone is 2. The highest BCUT2D eigenvalue weighted by Crippen LogP contribution is 3.12. The van der Waals surface area contributed by atoms with E-state index in [0.29, 0.717) is 45.8 Å². The lowest BCUT2D eigenvalue weighted by molar-refractivity contribution is -0.525. The predicted molar refractivity (Wildman–Crippen MR) is 131 cm³/mol. The Balaban J connectivity index is 1.58. The van der Waals surface area contributed by atoms with Crippen molar-refractivity contribution < 1.29 is 4.48 Å². The summed E-state index contributed by atoms with van der Waals surface area (Å²) in [6.45, 7) is 30.7. The highest BCUT2D eigenvalue weighted by Gasteiger charge is 3.11. The van der Waals surface area contributed by atoms with E-state index in [1.54, 1.807) is 0 Å². The van der Waals surface area contributed by atoms with Crippen molar-refractivity contribution in [2.24, 2.45) is 84.7 Å². The molecule has 182 valence electrons. The van der Waals surface area contributed by atoms with E-state index in [1.165, 1.54) is 6.42 Å². The Morgan fingerprint density at radius 2 is 1.15 bits per heavy atom. The summed E-state index contributed by atoms with van der Waals surface area (Å²) in [5, 5.41) is 0. The number of halogens is 1. The van der Waals surface area contributed by atoms with Crippen LogP contribution in [0.1, 0.15) is 89.5 Å². The van der Waals surface area contributed by atoms with Crippen molar-refractivity contribution in [1.82, 2.24) is 5.54 Å². The van der Waals surface area contributed by atoms with E-state index in [4.69, 9.17) is 0 Å². The van der Waals surface area contributed by atoms with Gasteiger partial charge in [0, 0.05) is 10.8 Å². The summed E-state index contributed by atoms with van der Waals surface area (Å²) in [6, 6.07) is 0. The Morgan fingerprint density at radius 3 is 1.67 bits per heavy atom. The van der Waals surface area contributed by atoms with E-state index in [0.717, 1.165) is 11.8 Å². The zero-order valence-corrected chi connectivity index (χ0v) is 23.1. The van der Waals surface area contributed by atoms with Gasteiger partial charge in [0.1, 0.15) is 0 Å². The van der Waals surface area contributed by atoms with Gasteiger partial charge in [-0.15, -0.1) is 4.48 Å². The van der Waals surface area contributed by atoms with E-state index in [9.17, 15) is 0 Å². The largest absolute Gasteiger partial charge is 0.151 e. The summed E-state index contributed by atoms with van der Waals surface area (Å²) in [5.41, 5.74) is 7.44. The zero-order valence-electron chi connectivity index (χ0n) is 23.1. The first-order valence-corrected chi connectivity index (χ1v) is 14.1. The molecule has 0 amide bonds. The Morgan fingerprint density at radius 1 is 0.667 bits per heavy atom. The molecule has 13 atom stereocenters. The molecule has 0 aromatic heterocycles. The Bertz CT molecular complexity index is 1130. The molecule has 0 bridgehead atoms. The lowest BCUT2D eigenvalue weighted by Crippen LogP contribution is -3.04. The molecule has 2 spiro atoms. The monoisotopic (exact) mass is 451 g/mol. The van der Waals surface area contributed by atoms with Crippen LogP contribution in [-0.2, 0) is 0 Å². The summed E-state index contributed by atoms with van der Waals surface area (Å²) in [5.74, 6) is 4.58. The molecule has 33 heavy (non-hydrogen) atoms. The van der Waals surface area contributed by atoms with Gasteiger partial charge in [0.25, 0.3) is 0 Å². The molecule has 8 aliphatic rings. The zero-order chi connectivity index (χ0) is 24.1. The van der Waals surface area contributed by atoms with Gasteiger partial charge in [-0.3, -0.25) is 0 Å². The minimum absolute atomic E-state index is 0.00457. The van der Waals surface area contributed by atoms with Gasteiger partial charge in [-0.05, 0) is 80.3 Å². The Hall–Kier alpha value is -0.370. The van der Waals surface area contributed by atoms with Crippen molar-refractivity contribution in [2.45, 2.75) is 95.0 Å². The number of hydrogen-bond donors (Lipinski definition) is 1. The molecular weight excluding hydrogens is 405 g/mol. The maximum atomic E-state index is 15.9. The average Bonchev–Trinajstić information content (AvgIpc) is 3.17. The maximum Gasteiger partial charge on any atom is 0.0670 e. The molecule has 0 heterocycles. The third kappa shape index (κ3) is 1.05. The van der Waals surface area contributed by atoms with Crippen molar-refractivity contribution in [3.63, 3.8) is 0 Å². The summed E-state index contributed by atoms with van der Waals surface area (Å²) < 4.78 is 15.9. The summed E-state index contributed by atoms with van der Waals surface area (Å²) in [6.07, 6.45) is 1.34. The van der Waals surface area contributed by atoms with Crippen molar-refractivity contribution in [3.8, 4) is 0 Å². The first-order chi connectivity index (χ1) is 15.0. The molecule has 0 aromatic rings. The molecule has 7 fully saturated rings. The quantitative estimate of drug-likeness (QED) is 0.323. The minimum Gasteiger partial charge on any atom is -0.151 e. The number of fused-ring (bicyclic) bond motifs is 2. The molecule has 2 heteroatoms. The lowest BCUT2D eigenvalue weighted by Gasteiger charge is -3.00. The maximum absolute atomic E-state index is 15.9. The molecular formula is C31H46FN. The van der Waals surface area contributed by atoms with Gasteiger partial charge in [0.2, 0.25) is 0 Å². The Labute approximate surface area is 201 Å². The lowest BCUT2D eigenvalue weighted by atomic mass is 9.03. The van der Waals surface area contributed by atoms with Crippen molar-refractivity contribution >= 4 is 0 Å². The summed E-state index contributed by atoms with van der Waals surface area (Å²) >= 11 is 0. The number of hydrogen-bond acceptors (Lipinski definition) is 1. The van der Waals surface area contributed by atoms with Crippen LogP contribution in [0.2, 0.25) is 0 Å². The highest BCUT2D eigenvalue weighted by atomic mass is 19.2. The first kappa shape index (κ1) is 20.8. The van der Waals surface area contributed by atoms with Crippen molar-refractivity contribution in [2.75, 3.05) is 0 Å². The topological polar surface area (TPSA) is 12.0 Å². The molecule has 1 nitrogen and oxygen atoms in total. The van der Waals surface area contributed by atoms with Gasteiger partial charge >= 0.3 is 0 Å². The molecule has 13 unspecified atom stereocenters. The van der Waals surface area contributed by atoms with Crippen LogP contribution in [0.3, 0.4) is 0 Å². The second kappa shape index (κ2) is 4.35. The van der Waals surface area contributed by atoms with Gasteiger partial charge in [-0.25, -0.2) is 0 Å². The van der Waals surface area contributed by atoms with E-state index in [1.807, 2.05) is 11.1 Å². The van der Waals surface area contributed by atoms with Crippen molar-refractivity contribution in [1.29, 1.82) is 0 Å². The standard InChI is InChI=1S/C31H46FN/c1-14-17-13-18-25(8,9)31(33-32)28(12)22-20(16(3)24(28,6)7)19-15(2)23(4,5)27(11)21(19)29(17,26(14,27)10)30(18,22)31/h14-18,21-22,33H,13H2,1-12H3. The van der Waals surface area contributed by atoms with E-state index in [2.05, 4.69) is 88.6 Å². The first-order valence-electron chi connectivity index (χ1n) is 14.1. The van der Waals surface area contributed by atoms with Crippen LogP contribution in [-0.4, -0.2) is 5.54 Å². The number of rotatable bonds is 1. The SMILES string of the molecule is CC1C2=C3C(C)C(C)(C)C4(C)C3C35C(CC6C(C)C7(C)C(C)(C2C673)C1(C)C)C(C)(C)C45NF. The van der Waals surface area contributed by atoms with Gasteiger partial charge < -0.3 is 0 Å². The van der Waals surface area contributed by atoms with E-state index in [-0.39, 0.29) is 27.1 Å².